The predicted molar refractivity (Wildman–Crippen MR) is 105 cm³/mol. The van der Waals surface area contributed by atoms with Gasteiger partial charge in [0.15, 0.2) is 0 Å². The minimum Gasteiger partial charge on any atom is -0.351 e. The van der Waals surface area contributed by atoms with E-state index in [2.05, 4.69) is 17.6 Å². The van der Waals surface area contributed by atoms with Crippen LogP contribution in [0.15, 0.2) is 24.3 Å². The van der Waals surface area contributed by atoms with Crippen LogP contribution >= 0.6 is 0 Å². The van der Waals surface area contributed by atoms with Crippen molar-refractivity contribution >= 4 is 17.6 Å². The summed E-state index contributed by atoms with van der Waals surface area (Å²) in [6, 6.07) is 6.88. The van der Waals surface area contributed by atoms with Gasteiger partial charge in [0.05, 0.1) is 11.3 Å². The summed E-state index contributed by atoms with van der Waals surface area (Å²) in [6.07, 6.45) is 7.32. The maximum absolute atomic E-state index is 12.8. The number of rotatable bonds is 9. The molecule has 1 aromatic carbocycles. The molecule has 0 spiro atoms. The summed E-state index contributed by atoms with van der Waals surface area (Å²) in [5.41, 5.74) is 6.72. The highest BCUT2D eigenvalue weighted by atomic mass is 16.2. The number of nitrogens with zero attached hydrogens (tertiary/aromatic N) is 1. The number of hydrogen-bond donors (Lipinski definition) is 3. The number of hydrogen-bond acceptors (Lipinski definition) is 3. The van der Waals surface area contributed by atoms with Crippen LogP contribution in [0.3, 0.4) is 0 Å². The van der Waals surface area contributed by atoms with E-state index in [9.17, 15) is 9.59 Å². The standard InChI is InChI=1S/C20H32N4O2/c1-2-3-4-5-8-15-24(20(21)26)18-10-7-6-9-17(18)19(25)23-16-11-13-22-14-12-16/h6-7,9-10,16,22H,2-5,8,11-15H2,1H3,(H2,21,26)(H,23,25). The topological polar surface area (TPSA) is 87.5 Å². The molecule has 4 N–H and O–H groups in total. The lowest BCUT2D eigenvalue weighted by Gasteiger charge is -2.26. The minimum atomic E-state index is -0.511. The summed E-state index contributed by atoms with van der Waals surface area (Å²) >= 11 is 0. The highest BCUT2D eigenvalue weighted by Crippen LogP contribution is 2.22. The fourth-order valence-corrected chi connectivity index (χ4v) is 3.35. The molecule has 6 heteroatoms. The molecule has 0 saturated carbocycles. The van der Waals surface area contributed by atoms with Crippen molar-refractivity contribution in [3.8, 4) is 0 Å². The molecule has 0 radical (unpaired) electrons. The van der Waals surface area contributed by atoms with Crippen LogP contribution in [0, 0.1) is 0 Å². The molecule has 1 aliphatic rings. The van der Waals surface area contributed by atoms with Gasteiger partial charge in [0, 0.05) is 12.6 Å². The maximum Gasteiger partial charge on any atom is 0.319 e. The number of nitrogens with one attached hydrogen (secondary N) is 2. The monoisotopic (exact) mass is 360 g/mol. The Hall–Kier alpha value is -2.08. The van der Waals surface area contributed by atoms with Crippen molar-refractivity contribution in [1.29, 1.82) is 0 Å². The van der Waals surface area contributed by atoms with Gasteiger partial charge in [-0.1, -0.05) is 44.7 Å². The van der Waals surface area contributed by atoms with Gasteiger partial charge < -0.3 is 16.4 Å². The minimum absolute atomic E-state index is 0.135. The molecular formula is C20H32N4O2. The van der Waals surface area contributed by atoms with E-state index < -0.39 is 6.03 Å². The summed E-state index contributed by atoms with van der Waals surface area (Å²) < 4.78 is 0. The van der Waals surface area contributed by atoms with Crippen LogP contribution in [-0.4, -0.2) is 37.6 Å². The zero-order valence-electron chi connectivity index (χ0n) is 15.8. The van der Waals surface area contributed by atoms with Gasteiger partial charge in [-0.2, -0.15) is 0 Å². The molecule has 0 bridgehead atoms. The molecule has 2 rings (SSSR count). The van der Waals surface area contributed by atoms with Crippen LogP contribution in [0.4, 0.5) is 10.5 Å². The Balaban J connectivity index is 2.05. The first-order valence-corrected chi connectivity index (χ1v) is 9.81. The number of nitrogens with two attached hydrogens (primary N) is 1. The lowest BCUT2D eigenvalue weighted by Crippen LogP contribution is -2.43. The number of carbonyl (C=O) groups excluding carboxylic acids is 2. The van der Waals surface area contributed by atoms with Crippen molar-refractivity contribution in [2.45, 2.75) is 57.9 Å². The second kappa shape index (κ2) is 10.8. The van der Waals surface area contributed by atoms with Crippen molar-refractivity contribution in [2.75, 3.05) is 24.5 Å². The SMILES string of the molecule is CCCCCCCN(C(N)=O)c1ccccc1C(=O)NC1CCNCC1. The molecule has 1 aromatic rings. The van der Waals surface area contributed by atoms with Gasteiger partial charge >= 0.3 is 6.03 Å². The number of benzene rings is 1. The third-order valence-corrected chi connectivity index (χ3v) is 4.87. The summed E-state index contributed by atoms with van der Waals surface area (Å²) in [5.74, 6) is -0.135. The van der Waals surface area contributed by atoms with Crippen LogP contribution in [0.1, 0.15) is 62.2 Å². The zero-order valence-corrected chi connectivity index (χ0v) is 15.8. The molecule has 0 unspecified atom stereocenters. The molecule has 144 valence electrons. The number of urea groups is 1. The van der Waals surface area contributed by atoms with E-state index >= 15 is 0 Å². The quantitative estimate of drug-likeness (QED) is 0.592. The highest BCUT2D eigenvalue weighted by Gasteiger charge is 2.22. The van der Waals surface area contributed by atoms with E-state index in [1.165, 1.54) is 17.7 Å². The number of amides is 3. The summed E-state index contributed by atoms with van der Waals surface area (Å²) in [4.78, 5) is 26.3. The Morgan fingerprint density at radius 1 is 1.15 bits per heavy atom. The van der Waals surface area contributed by atoms with Crippen molar-refractivity contribution in [1.82, 2.24) is 10.6 Å². The highest BCUT2D eigenvalue weighted by molar-refractivity contribution is 6.04. The molecule has 1 aliphatic heterocycles. The van der Waals surface area contributed by atoms with Crippen LogP contribution < -0.4 is 21.3 Å². The lowest BCUT2D eigenvalue weighted by molar-refractivity contribution is 0.0930. The Morgan fingerprint density at radius 3 is 2.54 bits per heavy atom. The second-order valence-corrected chi connectivity index (χ2v) is 6.92. The van der Waals surface area contributed by atoms with E-state index in [1.54, 1.807) is 12.1 Å². The zero-order chi connectivity index (χ0) is 18.8. The van der Waals surface area contributed by atoms with Gasteiger partial charge in [-0.3, -0.25) is 9.69 Å². The van der Waals surface area contributed by atoms with Crippen molar-refractivity contribution in [3.05, 3.63) is 29.8 Å². The summed E-state index contributed by atoms with van der Waals surface area (Å²) in [5, 5.41) is 6.38. The van der Waals surface area contributed by atoms with Crippen LogP contribution in [0.25, 0.3) is 0 Å². The fraction of sp³-hybridized carbons (Fsp3) is 0.600. The molecular weight excluding hydrogens is 328 g/mol. The van der Waals surface area contributed by atoms with Gasteiger partial charge in [-0.15, -0.1) is 0 Å². The van der Waals surface area contributed by atoms with E-state index in [0.29, 0.717) is 17.8 Å². The smallest absolute Gasteiger partial charge is 0.319 e. The molecule has 1 fully saturated rings. The molecule has 26 heavy (non-hydrogen) atoms. The van der Waals surface area contributed by atoms with Gasteiger partial charge in [0.25, 0.3) is 5.91 Å². The maximum atomic E-state index is 12.8. The van der Waals surface area contributed by atoms with Crippen LogP contribution in [-0.2, 0) is 0 Å². The Labute approximate surface area is 156 Å². The third-order valence-electron chi connectivity index (χ3n) is 4.87. The van der Waals surface area contributed by atoms with Gasteiger partial charge in [-0.25, -0.2) is 4.79 Å². The van der Waals surface area contributed by atoms with Gasteiger partial charge in [0.1, 0.15) is 0 Å². The first-order valence-electron chi connectivity index (χ1n) is 9.81. The second-order valence-electron chi connectivity index (χ2n) is 6.92. The molecule has 0 aliphatic carbocycles. The van der Waals surface area contributed by atoms with Crippen molar-refractivity contribution < 1.29 is 9.59 Å². The Kier molecular flexibility index (Phi) is 8.41. The largest absolute Gasteiger partial charge is 0.351 e. The fourth-order valence-electron chi connectivity index (χ4n) is 3.35. The van der Waals surface area contributed by atoms with E-state index in [0.717, 1.165) is 45.2 Å². The molecule has 0 atom stereocenters. The number of unbranched alkanes of at least 4 members (excludes halogenated alkanes) is 4. The predicted octanol–water partition coefficient (Wildman–Crippen LogP) is 3.02. The number of primary amides is 1. The van der Waals surface area contributed by atoms with E-state index in [-0.39, 0.29) is 11.9 Å². The molecule has 1 heterocycles. The number of piperidine rings is 1. The lowest BCUT2D eigenvalue weighted by atomic mass is 10.0. The van der Waals surface area contributed by atoms with Gasteiger partial charge in [-0.05, 0) is 44.5 Å². The molecule has 6 nitrogen and oxygen atoms in total. The number of para-hydroxylation sites is 1. The third kappa shape index (κ3) is 6.02. The molecule has 1 saturated heterocycles. The average Bonchev–Trinajstić information content (AvgIpc) is 2.65. The van der Waals surface area contributed by atoms with E-state index in [4.69, 9.17) is 5.73 Å². The number of anilines is 1. The first kappa shape index (κ1) is 20.2. The normalized spacial score (nSPS) is 14.8. The van der Waals surface area contributed by atoms with Gasteiger partial charge in [0.2, 0.25) is 0 Å². The average molecular weight is 361 g/mol. The first-order chi connectivity index (χ1) is 12.6. The number of carbonyl (C=O) groups is 2. The molecule has 3 amide bonds. The van der Waals surface area contributed by atoms with Crippen molar-refractivity contribution in [2.24, 2.45) is 5.73 Å². The summed E-state index contributed by atoms with van der Waals surface area (Å²) in [6.45, 7) is 4.54. The van der Waals surface area contributed by atoms with Crippen LogP contribution in [0.2, 0.25) is 0 Å². The van der Waals surface area contributed by atoms with Crippen molar-refractivity contribution in [3.63, 3.8) is 0 Å². The van der Waals surface area contributed by atoms with Crippen LogP contribution in [0.5, 0.6) is 0 Å². The Morgan fingerprint density at radius 2 is 1.85 bits per heavy atom. The summed E-state index contributed by atoms with van der Waals surface area (Å²) in [7, 11) is 0. The van der Waals surface area contributed by atoms with E-state index in [1.807, 2.05) is 12.1 Å². The molecule has 0 aromatic heterocycles. The Bertz CT molecular complexity index is 585.